The number of carbonyl (C=O) groups excluding carboxylic acids is 3. The first-order chi connectivity index (χ1) is 15.8. The van der Waals surface area contributed by atoms with E-state index in [0.29, 0.717) is 11.8 Å². The topological polar surface area (TPSA) is 88.1 Å². The highest BCUT2D eigenvalue weighted by atomic mass is 16.5. The molecular formula is C24H30N5O4+. The maximum Gasteiger partial charge on any atom is 0.407 e. The molecule has 0 saturated carbocycles. The average Bonchev–Trinajstić information content (AvgIpc) is 3.30. The Kier molecular flexibility index (Phi) is 6.05. The molecule has 2 aromatic rings. The molecule has 0 aliphatic carbocycles. The van der Waals surface area contributed by atoms with Gasteiger partial charge in [-0.2, -0.15) is 4.57 Å². The van der Waals surface area contributed by atoms with Gasteiger partial charge in [0.15, 0.2) is 0 Å². The molecule has 1 aromatic heterocycles. The van der Waals surface area contributed by atoms with Crippen molar-refractivity contribution in [2.45, 2.75) is 53.0 Å². The highest BCUT2D eigenvalue weighted by Gasteiger charge is 2.54. The van der Waals surface area contributed by atoms with Gasteiger partial charge in [0.1, 0.15) is 23.6 Å². The summed E-state index contributed by atoms with van der Waals surface area (Å²) in [6.07, 6.45) is 3.33. The number of rotatable bonds is 7. The second kappa shape index (κ2) is 8.80. The van der Waals surface area contributed by atoms with Gasteiger partial charge in [0.2, 0.25) is 11.9 Å². The van der Waals surface area contributed by atoms with Gasteiger partial charge in [-0.3, -0.25) is 14.5 Å². The summed E-state index contributed by atoms with van der Waals surface area (Å²) in [6, 6.07) is 6.96. The Balaban J connectivity index is 1.74. The number of esters is 1. The first-order valence-corrected chi connectivity index (χ1v) is 11.4. The fourth-order valence-electron chi connectivity index (χ4n) is 4.42. The van der Waals surface area contributed by atoms with E-state index in [1.165, 1.54) is 10.5 Å². The summed E-state index contributed by atoms with van der Waals surface area (Å²) in [7, 11) is 1.57. The van der Waals surface area contributed by atoms with Gasteiger partial charge >= 0.3 is 17.9 Å². The molecule has 0 bridgehead atoms. The predicted octanol–water partition coefficient (Wildman–Crippen LogP) is 2.77. The van der Waals surface area contributed by atoms with Crippen LogP contribution >= 0.6 is 0 Å². The van der Waals surface area contributed by atoms with Crippen LogP contribution in [0.15, 0.2) is 29.3 Å². The van der Waals surface area contributed by atoms with Crippen molar-refractivity contribution in [1.82, 2.24) is 14.4 Å². The molecule has 3 heterocycles. The molecule has 3 amide bonds. The lowest BCUT2D eigenvalue weighted by molar-refractivity contribution is -0.682. The Morgan fingerprint density at radius 3 is 2.48 bits per heavy atom. The van der Waals surface area contributed by atoms with E-state index in [2.05, 4.69) is 31.2 Å². The number of carbonyl (C=O) groups is 3. The maximum absolute atomic E-state index is 13.4. The number of hydrogen-bond acceptors (Lipinski definition) is 5. The second-order valence-electron chi connectivity index (χ2n) is 8.39. The number of likely N-dealkylation sites (N-methyl/N-ethyl adjacent to an activating group) is 1. The van der Waals surface area contributed by atoms with Gasteiger partial charge in [-0.05, 0) is 51.3 Å². The second-order valence-corrected chi connectivity index (χ2v) is 8.39. The van der Waals surface area contributed by atoms with Gasteiger partial charge in [0.05, 0.1) is 6.61 Å². The molecular weight excluding hydrogens is 422 g/mol. The molecule has 0 N–H and O–H groups in total. The summed E-state index contributed by atoms with van der Waals surface area (Å²) < 4.78 is 8.80. The Hall–Kier alpha value is -3.49. The first kappa shape index (κ1) is 22.7. The summed E-state index contributed by atoms with van der Waals surface area (Å²) in [5.41, 5.74) is 4.05. The Morgan fingerprint density at radius 1 is 1.15 bits per heavy atom. The van der Waals surface area contributed by atoms with Crippen LogP contribution in [-0.2, 0) is 20.7 Å². The summed E-state index contributed by atoms with van der Waals surface area (Å²) in [5, 5.41) is 0. The van der Waals surface area contributed by atoms with Crippen LogP contribution in [0.5, 0.6) is 0 Å². The molecule has 2 aliphatic heterocycles. The number of hydrogen-bond donors (Lipinski definition) is 0. The van der Waals surface area contributed by atoms with E-state index in [1.807, 2.05) is 23.0 Å². The van der Waals surface area contributed by atoms with Crippen LogP contribution in [0.3, 0.4) is 0 Å². The summed E-state index contributed by atoms with van der Waals surface area (Å²) in [5.74, 6) is -0.164. The minimum absolute atomic E-state index is 0.179. The standard InChI is InChI=1S/C24H30N5O4/c1-6-8-9-17-10-12-18(13-11-17)28-15(3)16(4)29-20-21(25-23(28)29)26(5)24(32)27(22(20)31)14-19(30)33-7-2/h10-13,20H,6-9,14H2,1-5H3/q+1. The van der Waals surface area contributed by atoms with Gasteiger partial charge in [-0.25, -0.2) is 14.3 Å². The smallest absolute Gasteiger partial charge is 0.407 e. The molecule has 1 atom stereocenters. The minimum atomic E-state index is -0.805. The summed E-state index contributed by atoms with van der Waals surface area (Å²) in [6.45, 7) is 7.53. The van der Waals surface area contributed by atoms with E-state index in [1.54, 1.807) is 14.0 Å². The Labute approximate surface area is 193 Å². The molecule has 33 heavy (non-hydrogen) atoms. The molecule has 9 heteroatoms. The zero-order valence-electron chi connectivity index (χ0n) is 19.8. The van der Waals surface area contributed by atoms with Crippen molar-refractivity contribution >= 4 is 29.7 Å². The van der Waals surface area contributed by atoms with Crippen molar-refractivity contribution in [3.05, 3.63) is 41.2 Å². The third kappa shape index (κ3) is 3.71. The molecule has 0 spiro atoms. The van der Waals surface area contributed by atoms with Crippen LogP contribution in [0.25, 0.3) is 5.69 Å². The number of fused-ring (bicyclic) bond motifs is 3. The van der Waals surface area contributed by atoms with E-state index >= 15 is 0 Å². The van der Waals surface area contributed by atoms with Crippen LogP contribution in [0.4, 0.5) is 10.7 Å². The summed E-state index contributed by atoms with van der Waals surface area (Å²) in [4.78, 5) is 45.3. The molecule has 9 nitrogen and oxygen atoms in total. The number of unbranched alkanes of at least 4 members (excludes halogenated alkanes) is 1. The van der Waals surface area contributed by atoms with Crippen LogP contribution in [0.2, 0.25) is 0 Å². The third-order valence-corrected chi connectivity index (χ3v) is 6.32. The maximum atomic E-state index is 13.4. The number of nitrogens with zero attached hydrogens (tertiary/aromatic N) is 5. The molecule has 174 valence electrons. The van der Waals surface area contributed by atoms with Crippen LogP contribution < -0.4 is 4.57 Å². The minimum Gasteiger partial charge on any atom is -0.465 e. The number of aromatic nitrogens is 2. The molecule has 0 radical (unpaired) electrons. The van der Waals surface area contributed by atoms with E-state index in [0.717, 1.165) is 41.2 Å². The fourth-order valence-corrected chi connectivity index (χ4v) is 4.42. The normalized spacial score (nSPS) is 17.2. The van der Waals surface area contributed by atoms with Gasteiger partial charge in [0, 0.05) is 7.05 Å². The average molecular weight is 453 g/mol. The van der Waals surface area contributed by atoms with Crippen molar-refractivity contribution < 1.29 is 23.7 Å². The van der Waals surface area contributed by atoms with E-state index in [-0.39, 0.29) is 6.61 Å². The Bertz CT molecular complexity index is 1150. The van der Waals surface area contributed by atoms with Crippen LogP contribution in [-0.4, -0.2) is 58.3 Å². The highest BCUT2D eigenvalue weighted by Crippen LogP contribution is 2.33. The Morgan fingerprint density at radius 2 is 1.85 bits per heavy atom. The molecule has 2 aliphatic rings. The molecule has 1 unspecified atom stereocenters. The molecule has 1 fully saturated rings. The monoisotopic (exact) mass is 452 g/mol. The number of ether oxygens (including phenoxy) is 1. The zero-order chi connectivity index (χ0) is 23.9. The van der Waals surface area contributed by atoms with E-state index in [9.17, 15) is 14.4 Å². The SMILES string of the molecule is CCCCc1ccc(-n2c(C)c(C)[n+]3c2N=C2C3C(=O)N(CC(=O)OCC)C(=O)N2C)cc1. The largest absolute Gasteiger partial charge is 0.465 e. The van der Waals surface area contributed by atoms with Crippen molar-refractivity contribution in [2.75, 3.05) is 20.2 Å². The number of aliphatic imine (C=N–C) groups is 1. The number of urea groups is 1. The third-order valence-electron chi connectivity index (χ3n) is 6.32. The lowest BCUT2D eigenvalue weighted by Crippen LogP contribution is -2.64. The van der Waals surface area contributed by atoms with Crippen molar-refractivity contribution in [3.8, 4) is 5.69 Å². The lowest BCUT2D eigenvalue weighted by atomic mass is 10.1. The first-order valence-electron chi connectivity index (χ1n) is 11.4. The van der Waals surface area contributed by atoms with Crippen LogP contribution in [0.1, 0.15) is 49.7 Å². The quantitative estimate of drug-likeness (QED) is 0.477. The number of amides is 3. The van der Waals surface area contributed by atoms with E-state index < -0.39 is 30.5 Å². The van der Waals surface area contributed by atoms with Gasteiger partial charge < -0.3 is 4.74 Å². The molecule has 1 saturated heterocycles. The number of benzene rings is 1. The predicted molar refractivity (Wildman–Crippen MR) is 122 cm³/mol. The van der Waals surface area contributed by atoms with Gasteiger partial charge in [-0.1, -0.05) is 30.5 Å². The van der Waals surface area contributed by atoms with Gasteiger partial charge in [0.25, 0.3) is 5.91 Å². The van der Waals surface area contributed by atoms with Crippen LogP contribution in [0, 0.1) is 13.8 Å². The van der Waals surface area contributed by atoms with E-state index in [4.69, 9.17) is 9.73 Å². The van der Waals surface area contributed by atoms with Crippen molar-refractivity contribution in [3.63, 3.8) is 0 Å². The number of imidazole rings is 1. The van der Waals surface area contributed by atoms with Crippen molar-refractivity contribution in [1.29, 1.82) is 0 Å². The zero-order valence-corrected chi connectivity index (χ0v) is 19.8. The highest BCUT2D eigenvalue weighted by molar-refractivity contribution is 6.19. The number of amidine groups is 1. The van der Waals surface area contributed by atoms with Crippen molar-refractivity contribution in [2.24, 2.45) is 4.99 Å². The molecule has 4 rings (SSSR count). The van der Waals surface area contributed by atoms with Gasteiger partial charge in [-0.15, -0.1) is 0 Å². The lowest BCUT2D eigenvalue weighted by Gasteiger charge is -2.32. The number of imide groups is 1. The summed E-state index contributed by atoms with van der Waals surface area (Å²) >= 11 is 0. The fraction of sp³-hybridized carbons (Fsp3) is 0.458. The molecule has 1 aromatic carbocycles. The number of aryl methyl sites for hydroxylation is 1.